The lowest BCUT2D eigenvalue weighted by atomic mass is 10.0. The lowest BCUT2D eigenvalue weighted by molar-refractivity contribution is 0.0695. The van der Waals surface area contributed by atoms with Gasteiger partial charge in [0.05, 0.1) is 11.1 Å². The van der Waals surface area contributed by atoms with Crippen molar-refractivity contribution in [1.82, 2.24) is 14.9 Å². The van der Waals surface area contributed by atoms with Crippen LogP contribution in [0.4, 0.5) is 19.0 Å². The van der Waals surface area contributed by atoms with Crippen LogP contribution in [0, 0.1) is 23.4 Å². The molecule has 0 saturated carbocycles. The third kappa shape index (κ3) is 4.18. The number of carboxylic acid groups (broad SMARTS) is 1. The predicted octanol–water partition coefficient (Wildman–Crippen LogP) is 3.33. The monoisotopic (exact) mass is 460 g/mol. The average molecular weight is 460 g/mol. The summed E-state index contributed by atoms with van der Waals surface area (Å²) in [6, 6.07) is 3.89. The Morgan fingerprint density at radius 1 is 1.27 bits per heavy atom. The molecule has 0 spiro atoms. The highest BCUT2D eigenvalue weighted by Gasteiger charge is 2.30. The second-order valence-corrected chi connectivity index (χ2v) is 8.15. The molecule has 1 saturated heterocycles. The van der Waals surface area contributed by atoms with Crippen LogP contribution < -0.4 is 15.6 Å². The first-order chi connectivity index (χ1) is 15.7. The van der Waals surface area contributed by atoms with Gasteiger partial charge in [-0.25, -0.2) is 22.9 Å². The topological polar surface area (TPSA) is 87.5 Å². The zero-order valence-corrected chi connectivity index (χ0v) is 18.1. The highest BCUT2D eigenvalue weighted by molar-refractivity contribution is 5.92. The van der Waals surface area contributed by atoms with Crippen LogP contribution in [0.15, 0.2) is 35.3 Å². The van der Waals surface area contributed by atoms with Crippen LogP contribution in [0.25, 0.3) is 16.7 Å². The number of pyridine rings is 2. The van der Waals surface area contributed by atoms with Gasteiger partial charge in [-0.2, -0.15) is 0 Å². The van der Waals surface area contributed by atoms with Crippen molar-refractivity contribution < 1.29 is 23.1 Å². The maximum atomic E-state index is 15.1. The van der Waals surface area contributed by atoms with Crippen molar-refractivity contribution in [1.29, 1.82) is 0 Å². The first-order valence-corrected chi connectivity index (χ1v) is 10.6. The number of carboxylic acids is 1. The highest BCUT2D eigenvalue weighted by atomic mass is 19.1. The van der Waals surface area contributed by atoms with Gasteiger partial charge in [0.1, 0.15) is 17.2 Å². The molecule has 2 N–H and O–H groups in total. The largest absolute Gasteiger partial charge is 0.477 e. The summed E-state index contributed by atoms with van der Waals surface area (Å²) in [5.41, 5.74) is -1.95. The third-order valence-electron chi connectivity index (χ3n) is 6.07. The number of anilines is 1. The van der Waals surface area contributed by atoms with Gasteiger partial charge in [-0.3, -0.25) is 9.36 Å². The standard InChI is InChI=1S/C23H23F3N4O3/c1-3-27-12(2)13-6-7-29(10-13)22-18(26)9-15-20(31)16(23(32)33)11-30(21(15)28-22)19-5-4-14(24)8-17(19)25/h4-5,8-9,11-13,27H,3,6-7,10H2,1-2H3,(H,32,33). The van der Waals surface area contributed by atoms with E-state index in [0.29, 0.717) is 19.2 Å². The number of aromatic nitrogens is 2. The molecule has 1 aromatic carbocycles. The van der Waals surface area contributed by atoms with Crippen LogP contribution in [0.5, 0.6) is 0 Å². The normalized spacial score (nSPS) is 17.0. The van der Waals surface area contributed by atoms with Gasteiger partial charge in [-0.1, -0.05) is 6.92 Å². The van der Waals surface area contributed by atoms with Crippen LogP contribution in [0.2, 0.25) is 0 Å². The second-order valence-electron chi connectivity index (χ2n) is 8.15. The average Bonchev–Trinajstić information content (AvgIpc) is 3.25. The molecular formula is C23H23F3N4O3. The molecule has 1 aliphatic heterocycles. The molecule has 2 aromatic heterocycles. The summed E-state index contributed by atoms with van der Waals surface area (Å²) in [5, 5.41) is 12.5. The second kappa shape index (κ2) is 8.86. The predicted molar refractivity (Wildman–Crippen MR) is 118 cm³/mol. The van der Waals surface area contributed by atoms with Gasteiger partial charge >= 0.3 is 5.97 Å². The Balaban J connectivity index is 1.89. The summed E-state index contributed by atoms with van der Waals surface area (Å²) in [7, 11) is 0. The summed E-state index contributed by atoms with van der Waals surface area (Å²) in [4.78, 5) is 30.4. The van der Waals surface area contributed by atoms with Crippen molar-refractivity contribution >= 4 is 22.8 Å². The van der Waals surface area contributed by atoms with E-state index in [2.05, 4.69) is 17.2 Å². The molecule has 0 radical (unpaired) electrons. The molecule has 174 valence electrons. The first-order valence-electron chi connectivity index (χ1n) is 10.6. The molecule has 7 nitrogen and oxygen atoms in total. The molecule has 0 aliphatic carbocycles. The van der Waals surface area contributed by atoms with Crippen molar-refractivity contribution in [2.24, 2.45) is 5.92 Å². The summed E-state index contributed by atoms with van der Waals surface area (Å²) in [6.45, 7) is 5.95. The quantitative estimate of drug-likeness (QED) is 0.587. The van der Waals surface area contributed by atoms with Gasteiger partial charge in [-0.05, 0) is 44.0 Å². The lowest BCUT2D eigenvalue weighted by Crippen LogP contribution is -2.35. The van der Waals surface area contributed by atoms with E-state index in [1.165, 1.54) is 0 Å². The number of aromatic carboxylic acids is 1. The Morgan fingerprint density at radius 3 is 2.70 bits per heavy atom. The van der Waals surface area contributed by atoms with E-state index < -0.39 is 34.4 Å². The van der Waals surface area contributed by atoms with Gasteiger partial charge in [0.15, 0.2) is 17.3 Å². The fraction of sp³-hybridized carbons (Fsp3) is 0.348. The number of nitrogens with one attached hydrogen (secondary N) is 1. The highest BCUT2D eigenvalue weighted by Crippen LogP contribution is 2.29. The molecular weight excluding hydrogens is 437 g/mol. The summed E-state index contributed by atoms with van der Waals surface area (Å²) < 4.78 is 44.2. The van der Waals surface area contributed by atoms with Gasteiger partial charge in [-0.15, -0.1) is 0 Å². The SMILES string of the molecule is CCNC(C)C1CCN(c2nc3c(cc2F)c(=O)c(C(=O)O)cn3-c2ccc(F)cc2F)C1. The fourth-order valence-electron chi connectivity index (χ4n) is 4.33. The first kappa shape index (κ1) is 22.8. The zero-order valence-electron chi connectivity index (χ0n) is 18.1. The number of fused-ring (bicyclic) bond motifs is 1. The summed E-state index contributed by atoms with van der Waals surface area (Å²) >= 11 is 0. The number of rotatable bonds is 6. The molecule has 0 amide bonds. The van der Waals surface area contributed by atoms with E-state index in [-0.39, 0.29) is 34.5 Å². The molecule has 3 aromatic rings. The van der Waals surface area contributed by atoms with E-state index in [0.717, 1.165) is 41.9 Å². The van der Waals surface area contributed by atoms with Gasteiger partial charge in [0, 0.05) is 31.4 Å². The van der Waals surface area contributed by atoms with E-state index in [1.807, 2.05) is 6.92 Å². The Kier molecular flexibility index (Phi) is 6.11. The number of halogens is 3. The Labute approximate surface area is 187 Å². The summed E-state index contributed by atoms with van der Waals surface area (Å²) in [6.07, 6.45) is 1.74. The molecule has 33 heavy (non-hydrogen) atoms. The minimum absolute atomic E-state index is 0.00700. The number of carbonyl (C=O) groups is 1. The van der Waals surface area contributed by atoms with Crippen LogP contribution >= 0.6 is 0 Å². The Hall–Kier alpha value is -3.40. The Morgan fingerprint density at radius 2 is 2.03 bits per heavy atom. The molecule has 4 rings (SSSR count). The molecule has 10 heteroatoms. The fourth-order valence-corrected chi connectivity index (χ4v) is 4.33. The van der Waals surface area contributed by atoms with E-state index in [4.69, 9.17) is 0 Å². The van der Waals surface area contributed by atoms with Crippen LogP contribution in [0.3, 0.4) is 0 Å². The lowest BCUT2D eigenvalue weighted by Gasteiger charge is -2.22. The van der Waals surface area contributed by atoms with Crippen molar-refractivity contribution in [3.05, 3.63) is 63.7 Å². The van der Waals surface area contributed by atoms with Crippen molar-refractivity contribution in [2.45, 2.75) is 26.3 Å². The van der Waals surface area contributed by atoms with Crippen LogP contribution in [-0.2, 0) is 0 Å². The Bertz CT molecular complexity index is 1290. The molecule has 2 unspecified atom stereocenters. The van der Waals surface area contributed by atoms with Gasteiger partial charge in [0.2, 0.25) is 5.43 Å². The maximum absolute atomic E-state index is 15.1. The minimum Gasteiger partial charge on any atom is -0.477 e. The number of benzene rings is 1. The molecule has 1 aliphatic rings. The number of hydrogen-bond donors (Lipinski definition) is 2. The van der Waals surface area contributed by atoms with Gasteiger partial charge < -0.3 is 15.3 Å². The molecule has 0 bridgehead atoms. The molecule has 2 atom stereocenters. The van der Waals surface area contributed by atoms with Crippen LogP contribution in [0.1, 0.15) is 30.6 Å². The number of nitrogens with zero attached hydrogens (tertiary/aromatic N) is 3. The zero-order chi connectivity index (χ0) is 23.9. The van der Waals surface area contributed by atoms with E-state index in [9.17, 15) is 23.5 Å². The van der Waals surface area contributed by atoms with E-state index in [1.54, 1.807) is 4.90 Å². The van der Waals surface area contributed by atoms with Crippen molar-refractivity contribution in [3.8, 4) is 5.69 Å². The minimum atomic E-state index is -1.55. The van der Waals surface area contributed by atoms with Gasteiger partial charge in [0.25, 0.3) is 0 Å². The molecule has 1 fully saturated rings. The van der Waals surface area contributed by atoms with Crippen molar-refractivity contribution in [2.75, 3.05) is 24.5 Å². The third-order valence-corrected chi connectivity index (χ3v) is 6.07. The molecule has 3 heterocycles. The van der Waals surface area contributed by atoms with Crippen LogP contribution in [-0.4, -0.2) is 46.3 Å². The van der Waals surface area contributed by atoms with Crippen molar-refractivity contribution in [3.63, 3.8) is 0 Å². The van der Waals surface area contributed by atoms with E-state index >= 15 is 4.39 Å². The maximum Gasteiger partial charge on any atom is 0.341 e. The summed E-state index contributed by atoms with van der Waals surface area (Å²) in [5.74, 6) is -3.88. The smallest absolute Gasteiger partial charge is 0.341 e. The number of hydrogen-bond acceptors (Lipinski definition) is 5.